The molecule has 0 bridgehead atoms. The summed E-state index contributed by atoms with van der Waals surface area (Å²) in [4.78, 5) is 1.17. The molecule has 1 aliphatic heterocycles. The van der Waals surface area contributed by atoms with Crippen LogP contribution in [0.15, 0.2) is 42.5 Å². The average molecular weight is 449 g/mol. The molecule has 7 heteroatoms. The van der Waals surface area contributed by atoms with Crippen LogP contribution in [0.4, 0.5) is 0 Å². The monoisotopic (exact) mass is 448 g/mol. The molecule has 0 amide bonds. The number of halogens is 1. The van der Waals surface area contributed by atoms with Crippen molar-refractivity contribution in [2.45, 2.75) is 50.3 Å². The lowest BCUT2D eigenvalue weighted by atomic mass is 9.90. The lowest BCUT2D eigenvalue weighted by Crippen LogP contribution is -2.55. The Morgan fingerprint density at radius 3 is 2.53 bits per heavy atom. The van der Waals surface area contributed by atoms with Gasteiger partial charge in [-0.2, -0.15) is 0 Å². The first-order valence-corrected chi connectivity index (χ1v) is 11.2. The molecule has 4 N–H and O–H groups in total. The van der Waals surface area contributed by atoms with E-state index in [-0.39, 0.29) is 0 Å². The summed E-state index contributed by atoms with van der Waals surface area (Å²) in [6.45, 7) is 1.68. The standard InChI is InChI=1S/C23H25ClO5S/c1-2-12-3-4-13-9-16(30-19(13)7-12)10-15-8-14(5-6-17(15)24)23-22(28)21(27)20(26)18(11-25)29-23/h3-9,18,20-23,25-28H,2,10-11H2,1H3/t18-,20-,21+,22-,23+/m1/s1. The molecule has 0 saturated carbocycles. The smallest absolute Gasteiger partial charge is 0.113 e. The highest BCUT2D eigenvalue weighted by molar-refractivity contribution is 7.19. The van der Waals surface area contributed by atoms with Crippen LogP contribution in [0.2, 0.25) is 5.02 Å². The maximum atomic E-state index is 10.4. The highest BCUT2D eigenvalue weighted by Crippen LogP contribution is 2.35. The van der Waals surface area contributed by atoms with Crippen molar-refractivity contribution < 1.29 is 25.2 Å². The summed E-state index contributed by atoms with van der Waals surface area (Å²) >= 11 is 8.18. The number of hydrogen-bond donors (Lipinski definition) is 4. The SMILES string of the molecule is CCc1ccc2cc(Cc3cc([C@@H]4O[C@H](CO)[C@@H](O)[C@H](O)[C@H]4O)ccc3Cl)sc2c1. The number of benzene rings is 2. The van der Waals surface area contributed by atoms with Gasteiger partial charge in [0.1, 0.15) is 30.5 Å². The Hall–Kier alpha value is -1.51. The maximum Gasteiger partial charge on any atom is 0.113 e. The predicted octanol–water partition coefficient (Wildman–Crippen LogP) is 3.22. The Labute approximate surface area is 184 Å². The number of aryl methyl sites for hydroxylation is 1. The highest BCUT2D eigenvalue weighted by Gasteiger charge is 2.44. The third kappa shape index (κ3) is 4.14. The molecule has 1 aromatic heterocycles. The van der Waals surface area contributed by atoms with E-state index >= 15 is 0 Å². The Balaban J connectivity index is 1.62. The van der Waals surface area contributed by atoms with E-state index in [0.29, 0.717) is 17.0 Å². The molecule has 2 heterocycles. The normalized spacial score (nSPS) is 26.9. The zero-order valence-corrected chi connectivity index (χ0v) is 18.1. The number of thiophene rings is 1. The Bertz CT molecular complexity index is 1030. The third-order valence-electron chi connectivity index (χ3n) is 5.70. The molecular formula is C23H25ClO5S. The number of rotatable bonds is 5. The molecule has 5 atom stereocenters. The molecule has 1 fully saturated rings. The van der Waals surface area contributed by atoms with Crippen molar-refractivity contribution in [2.75, 3.05) is 6.61 Å². The Morgan fingerprint density at radius 1 is 1.00 bits per heavy atom. The molecule has 4 rings (SSSR count). The first kappa shape index (κ1) is 21.7. The van der Waals surface area contributed by atoms with Crippen molar-refractivity contribution in [3.63, 3.8) is 0 Å². The maximum absolute atomic E-state index is 10.4. The van der Waals surface area contributed by atoms with Gasteiger partial charge in [0, 0.05) is 21.0 Å². The van der Waals surface area contributed by atoms with Gasteiger partial charge in [-0.3, -0.25) is 0 Å². The van der Waals surface area contributed by atoms with Gasteiger partial charge in [0.2, 0.25) is 0 Å². The topological polar surface area (TPSA) is 90.2 Å². The fraction of sp³-hybridized carbons (Fsp3) is 0.391. The van der Waals surface area contributed by atoms with E-state index in [0.717, 1.165) is 12.0 Å². The van der Waals surface area contributed by atoms with Crippen LogP contribution in [-0.4, -0.2) is 51.4 Å². The summed E-state index contributed by atoms with van der Waals surface area (Å²) in [5.41, 5.74) is 2.83. The molecule has 1 saturated heterocycles. The van der Waals surface area contributed by atoms with Gasteiger partial charge >= 0.3 is 0 Å². The second-order valence-electron chi connectivity index (χ2n) is 7.72. The Morgan fingerprint density at radius 2 is 1.80 bits per heavy atom. The van der Waals surface area contributed by atoms with Gasteiger partial charge in [-0.15, -0.1) is 11.3 Å². The largest absolute Gasteiger partial charge is 0.394 e. The molecule has 30 heavy (non-hydrogen) atoms. The van der Waals surface area contributed by atoms with Crippen molar-refractivity contribution in [1.29, 1.82) is 0 Å². The predicted molar refractivity (Wildman–Crippen MR) is 118 cm³/mol. The summed E-state index contributed by atoms with van der Waals surface area (Å²) in [6.07, 6.45) is -4.28. The molecule has 0 aliphatic carbocycles. The molecule has 3 aromatic rings. The fourth-order valence-electron chi connectivity index (χ4n) is 3.91. The molecule has 2 aromatic carbocycles. The lowest BCUT2D eigenvalue weighted by Gasteiger charge is -2.40. The van der Waals surface area contributed by atoms with Crippen molar-refractivity contribution in [2.24, 2.45) is 0 Å². The molecule has 160 valence electrons. The average Bonchev–Trinajstić information content (AvgIpc) is 3.15. The molecule has 5 nitrogen and oxygen atoms in total. The van der Waals surface area contributed by atoms with Gasteiger partial charge in [0.05, 0.1) is 6.61 Å². The van der Waals surface area contributed by atoms with Crippen LogP contribution in [0.25, 0.3) is 10.1 Å². The van der Waals surface area contributed by atoms with Gasteiger partial charge in [0.25, 0.3) is 0 Å². The van der Waals surface area contributed by atoms with Crippen LogP contribution in [0.1, 0.15) is 34.6 Å². The minimum absolute atomic E-state index is 0.455. The van der Waals surface area contributed by atoms with Crippen LogP contribution in [0.3, 0.4) is 0 Å². The van der Waals surface area contributed by atoms with Gasteiger partial charge in [-0.25, -0.2) is 0 Å². The summed E-state index contributed by atoms with van der Waals surface area (Å²) < 4.78 is 6.93. The van der Waals surface area contributed by atoms with Crippen molar-refractivity contribution in [3.8, 4) is 0 Å². The van der Waals surface area contributed by atoms with Crippen LogP contribution >= 0.6 is 22.9 Å². The third-order valence-corrected chi connectivity index (χ3v) is 7.17. The highest BCUT2D eigenvalue weighted by atomic mass is 35.5. The van der Waals surface area contributed by atoms with Crippen molar-refractivity contribution >= 4 is 33.0 Å². The number of fused-ring (bicyclic) bond motifs is 1. The van der Waals surface area contributed by atoms with Gasteiger partial charge < -0.3 is 25.2 Å². The van der Waals surface area contributed by atoms with E-state index in [9.17, 15) is 20.4 Å². The minimum Gasteiger partial charge on any atom is -0.394 e. The van der Waals surface area contributed by atoms with E-state index in [1.807, 2.05) is 6.07 Å². The fourth-order valence-corrected chi connectivity index (χ4v) is 5.25. The van der Waals surface area contributed by atoms with Crippen LogP contribution in [-0.2, 0) is 17.6 Å². The first-order chi connectivity index (χ1) is 14.4. The zero-order chi connectivity index (χ0) is 21.4. The second-order valence-corrected chi connectivity index (χ2v) is 9.29. The number of aliphatic hydroxyl groups is 4. The van der Waals surface area contributed by atoms with Gasteiger partial charge in [0.15, 0.2) is 0 Å². The van der Waals surface area contributed by atoms with Crippen LogP contribution in [0, 0.1) is 0 Å². The molecule has 0 radical (unpaired) electrons. The van der Waals surface area contributed by atoms with E-state index in [4.69, 9.17) is 16.3 Å². The minimum atomic E-state index is -1.41. The van der Waals surface area contributed by atoms with Crippen LogP contribution in [0.5, 0.6) is 0 Å². The van der Waals surface area contributed by atoms with Crippen LogP contribution < -0.4 is 0 Å². The summed E-state index contributed by atoms with van der Waals surface area (Å²) in [5.74, 6) is 0. The number of ether oxygens (including phenoxy) is 1. The molecule has 0 unspecified atom stereocenters. The summed E-state index contributed by atoms with van der Waals surface area (Å²) in [6, 6.07) is 14.0. The van der Waals surface area contributed by atoms with Crippen molar-refractivity contribution in [3.05, 3.63) is 69.1 Å². The second kappa shape index (κ2) is 8.93. The van der Waals surface area contributed by atoms with E-state index < -0.39 is 37.1 Å². The van der Waals surface area contributed by atoms with E-state index in [2.05, 4.69) is 31.2 Å². The first-order valence-electron chi connectivity index (χ1n) is 10.0. The molecular weight excluding hydrogens is 424 g/mol. The van der Waals surface area contributed by atoms with Gasteiger partial charge in [-0.1, -0.05) is 42.8 Å². The van der Waals surface area contributed by atoms with E-state index in [1.165, 1.54) is 20.5 Å². The molecule has 0 spiro atoms. The quantitative estimate of drug-likeness (QED) is 0.481. The summed E-state index contributed by atoms with van der Waals surface area (Å²) in [7, 11) is 0. The number of aliphatic hydroxyl groups excluding tert-OH is 4. The van der Waals surface area contributed by atoms with E-state index in [1.54, 1.807) is 23.5 Å². The summed E-state index contributed by atoms with van der Waals surface area (Å²) in [5, 5.41) is 41.8. The molecule has 1 aliphatic rings. The van der Waals surface area contributed by atoms with Gasteiger partial charge in [-0.05, 0) is 46.7 Å². The Kier molecular flexibility index (Phi) is 6.46. The zero-order valence-electron chi connectivity index (χ0n) is 16.5. The van der Waals surface area contributed by atoms with Crippen molar-refractivity contribution in [1.82, 2.24) is 0 Å². The number of hydrogen-bond acceptors (Lipinski definition) is 6. The lowest BCUT2D eigenvalue weighted by molar-refractivity contribution is -0.231.